The Morgan fingerprint density at radius 1 is 1.33 bits per heavy atom. The molecule has 0 N–H and O–H groups in total. The minimum atomic E-state index is -1.81. The fourth-order valence-electron chi connectivity index (χ4n) is 1.26. The van der Waals surface area contributed by atoms with Gasteiger partial charge in [0.05, 0.1) is 16.1 Å². The van der Waals surface area contributed by atoms with Crippen LogP contribution in [0, 0.1) is 14.9 Å². The van der Waals surface area contributed by atoms with Crippen LogP contribution < -0.4 is 4.43 Å². The van der Waals surface area contributed by atoms with Gasteiger partial charge in [-0.2, -0.15) is 5.26 Å². The molecule has 0 aliphatic heterocycles. The van der Waals surface area contributed by atoms with Crippen LogP contribution in [0.25, 0.3) is 0 Å². The Kier molecular flexibility index (Phi) is 4.84. The van der Waals surface area contributed by atoms with Gasteiger partial charge >= 0.3 is 0 Å². The Bertz CT molecular complexity index is 472. The van der Waals surface area contributed by atoms with Crippen molar-refractivity contribution in [3.05, 3.63) is 27.3 Å². The Morgan fingerprint density at radius 2 is 1.94 bits per heavy atom. The zero-order chi connectivity index (χ0) is 14.0. The summed E-state index contributed by atoms with van der Waals surface area (Å²) < 4.78 is 7.42. The third-order valence-electron chi connectivity index (χ3n) is 3.45. The topological polar surface area (TPSA) is 33.0 Å². The van der Waals surface area contributed by atoms with Gasteiger partial charge in [0.2, 0.25) is 0 Å². The number of nitriles is 1. The summed E-state index contributed by atoms with van der Waals surface area (Å²) in [5, 5.41) is 8.94. The van der Waals surface area contributed by atoms with Crippen molar-refractivity contribution in [3.63, 3.8) is 0 Å². The average molecular weight is 373 g/mol. The highest BCUT2D eigenvalue weighted by Gasteiger charge is 2.39. The summed E-state index contributed by atoms with van der Waals surface area (Å²) >= 11 is 2.29. The predicted molar refractivity (Wildman–Crippen MR) is 86.3 cm³/mol. The van der Waals surface area contributed by atoms with Crippen molar-refractivity contribution in [2.45, 2.75) is 45.3 Å². The number of hydrogen-bond acceptors (Lipinski definition) is 2. The maximum absolute atomic E-state index is 8.76. The van der Waals surface area contributed by atoms with Gasteiger partial charge in [0.1, 0.15) is 5.75 Å². The molecular formula is C14H20INOSi. The summed E-state index contributed by atoms with van der Waals surface area (Å²) in [6.45, 7) is 11.2. The van der Waals surface area contributed by atoms with E-state index in [1.165, 1.54) is 0 Å². The molecule has 98 valence electrons. The van der Waals surface area contributed by atoms with Crippen LogP contribution >= 0.6 is 22.6 Å². The third-order valence-corrected chi connectivity index (χ3v) is 8.68. The maximum Gasteiger partial charge on any atom is 0.250 e. The molecule has 0 radical (unpaired) electrons. The van der Waals surface area contributed by atoms with Gasteiger partial charge in [-0.05, 0) is 58.4 Å². The molecule has 1 rings (SSSR count). The molecule has 0 saturated heterocycles. The quantitative estimate of drug-likeness (QED) is 0.566. The largest absolute Gasteiger partial charge is 0.543 e. The first kappa shape index (κ1) is 15.5. The number of benzene rings is 1. The molecule has 0 aliphatic carbocycles. The Hall–Kier alpha value is -0.543. The van der Waals surface area contributed by atoms with Gasteiger partial charge < -0.3 is 4.43 Å². The second-order valence-electron chi connectivity index (χ2n) is 5.96. The summed E-state index contributed by atoms with van der Waals surface area (Å²) in [5.41, 5.74) is 1.02. The van der Waals surface area contributed by atoms with Crippen LogP contribution in [-0.2, 0) is 6.42 Å². The molecule has 0 heterocycles. The Balaban J connectivity index is 3.04. The van der Waals surface area contributed by atoms with Gasteiger partial charge in [-0.1, -0.05) is 26.8 Å². The molecular weight excluding hydrogens is 353 g/mol. The molecule has 1 aromatic rings. The molecule has 0 unspecified atom stereocenters. The smallest absolute Gasteiger partial charge is 0.250 e. The van der Waals surface area contributed by atoms with Crippen LogP contribution in [0.15, 0.2) is 18.2 Å². The molecule has 2 nitrogen and oxygen atoms in total. The highest BCUT2D eigenvalue weighted by molar-refractivity contribution is 14.1. The van der Waals surface area contributed by atoms with E-state index in [1.807, 2.05) is 18.2 Å². The number of halogens is 1. The summed E-state index contributed by atoms with van der Waals surface area (Å²) in [7, 11) is -1.81. The molecule has 0 aliphatic rings. The summed E-state index contributed by atoms with van der Waals surface area (Å²) in [6.07, 6.45) is 0.435. The second-order valence-corrected chi connectivity index (χ2v) is 11.8. The van der Waals surface area contributed by atoms with Crippen LogP contribution in [-0.4, -0.2) is 8.32 Å². The van der Waals surface area contributed by atoms with Gasteiger partial charge in [-0.15, -0.1) is 0 Å². The molecule has 0 amide bonds. The average Bonchev–Trinajstić information content (AvgIpc) is 2.21. The highest BCUT2D eigenvalue weighted by Crippen LogP contribution is 2.38. The van der Waals surface area contributed by atoms with Crippen molar-refractivity contribution in [3.8, 4) is 11.8 Å². The van der Waals surface area contributed by atoms with Crippen molar-refractivity contribution in [1.82, 2.24) is 0 Å². The summed E-state index contributed by atoms with van der Waals surface area (Å²) in [4.78, 5) is 0. The van der Waals surface area contributed by atoms with Crippen molar-refractivity contribution in [2.75, 3.05) is 0 Å². The van der Waals surface area contributed by atoms with Gasteiger partial charge in [0.15, 0.2) is 0 Å². The highest BCUT2D eigenvalue weighted by atomic mass is 127. The van der Waals surface area contributed by atoms with Crippen molar-refractivity contribution < 1.29 is 4.43 Å². The van der Waals surface area contributed by atoms with Crippen LogP contribution in [0.1, 0.15) is 26.3 Å². The van der Waals surface area contributed by atoms with E-state index < -0.39 is 8.32 Å². The minimum absolute atomic E-state index is 0.182. The lowest BCUT2D eigenvalue weighted by atomic mass is 10.2. The van der Waals surface area contributed by atoms with Gasteiger partial charge in [0.25, 0.3) is 8.32 Å². The number of nitrogens with zero attached hydrogens (tertiary/aromatic N) is 1. The maximum atomic E-state index is 8.76. The van der Waals surface area contributed by atoms with Crippen LogP contribution in [0.3, 0.4) is 0 Å². The van der Waals surface area contributed by atoms with E-state index in [1.54, 1.807) is 0 Å². The molecule has 0 atom stereocenters. The lowest BCUT2D eigenvalue weighted by Gasteiger charge is -2.36. The second kappa shape index (κ2) is 5.62. The standard InChI is InChI=1S/C14H20INOSi/c1-14(2,3)18(4,5)17-13-10-11(8-9-16)6-7-12(13)15/h6-7,10H,8H2,1-5H3. The van der Waals surface area contributed by atoms with Crippen molar-refractivity contribution in [1.29, 1.82) is 5.26 Å². The van der Waals surface area contributed by atoms with Crippen molar-refractivity contribution in [2.24, 2.45) is 0 Å². The van der Waals surface area contributed by atoms with Gasteiger partial charge in [0, 0.05) is 0 Å². The van der Waals surface area contributed by atoms with Crippen LogP contribution in [0.5, 0.6) is 5.75 Å². The first-order chi connectivity index (χ1) is 8.17. The molecule has 18 heavy (non-hydrogen) atoms. The lowest BCUT2D eigenvalue weighted by molar-refractivity contribution is 0.489. The summed E-state index contributed by atoms with van der Waals surface area (Å²) in [6, 6.07) is 8.20. The molecule has 0 bridgehead atoms. The van der Waals surface area contributed by atoms with Gasteiger partial charge in [-0.25, -0.2) is 0 Å². The molecule has 0 fully saturated rings. The molecule has 1 aromatic carbocycles. The fourth-order valence-corrected chi connectivity index (χ4v) is 2.93. The van der Waals surface area contributed by atoms with Gasteiger partial charge in [-0.3, -0.25) is 0 Å². The van der Waals surface area contributed by atoms with Crippen LogP contribution in [0.4, 0.5) is 0 Å². The first-order valence-corrected chi connectivity index (χ1v) is 10.0. The molecule has 0 aromatic heterocycles. The fraction of sp³-hybridized carbons (Fsp3) is 0.500. The zero-order valence-corrected chi connectivity index (χ0v) is 14.8. The lowest BCUT2D eigenvalue weighted by Crippen LogP contribution is -2.44. The van der Waals surface area contributed by atoms with E-state index in [4.69, 9.17) is 9.69 Å². The summed E-state index contributed by atoms with van der Waals surface area (Å²) in [5.74, 6) is 0.926. The van der Waals surface area contributed by atoms with E-state index in [0.717, 1.165) is 14.9 Å². The number of hydrogen-bond donors (Lipinski definition) is 0. The van der Waals surface area contributed by atoms with E-state index in [-0.39, 0.29) is 5.04 Å². The molecule has 0 saturated carbocycles. The SMILES string of the molecule is CC(C)(C)[Si](C)(C)Oc1cc(CC#N)ccc1I. The van der Waals surface area contributed by atoms with Crippen molar-refractivity contribution >= 4 is 30.9 Å². The monoisotopic (exact) mass is 373 g/mol. The number of rotatable bonds is 3. The predicted octanol–water partition coefficient (Wildman–Crippen LogP) is 4.74. The third kappa shape index (κ3) is 3.72. The first-order valence-electron chi connectivity index (χ1n) is 6.02. The van der Waals surface area contributed by atoms with E-state index in [0.29, 0.717) is 6.42 Å². The Labute approximate surface area is 125 Å². The van der Waals surface area contributed by atoms with E-state index >= 15 is 0 Å². The van der Waals surface area contributed by atoms with E-state index in [2.05, 4.69) is 62.5 Å². The Morgan fingerprint density at radius 3 is 2.44 bits per heavy atom. The molecule has 4 heteroatoms. The zero-order valence-electron chi connectivity index (χ0n) is 11.7. The minimum Gasteiger partial charge on any atom is -0.543 e. The normalized spacial score (nSPS) is 12.1. The van der Waals surface area contributed by atoms with E-state index in [9.17, 15) is 0 Å². The van der Waals surface area contributed by atoms with Crippen LogP contribution in [0.2, 0.25) is 18.1 Å². The molecule has 0 spiro atoms.